The summed E-state index contributed by atoms with van der Waals surface area (Å²) in [5.74, 6) is 0.209. The summed E-state index contributed by atoms with van der Waals surface area (Å²) in [4.78, 5) is 30.5. The molecule has 2 heterocycles. The fraction of sp³-hybridized carbons (Fsp3) is 0.414. The van der Waals surface area contributed by atoms with Crippen molar-refractivity contribution >= 4 is 23.2 Å². The molecule has 0 unspecified atom stereocenters. The number of H-pyrrole nitrogens is 1. The topological polar surface area (TPSA) is 90.6 Å². The third-order valence-electron chi connectivity index (χ3n) is 7.92. The Labute approximate surface area is 218 Å². The number of amides is 2. The third-order valence-corrected chi connectivity index (χ3v) is 7.92. The van der Waals surface area contributed by atoms with Crippen molar-refractivity contribution in [2.24, 2.45) is 0 Å². The summed E-state index contributed by atoms with van der Waals surface area (Å²) >= 11 is 0. The third kappa shape index (κ3) is 4.98. The zero-order valence-electron chi connectivity index (χ0n) is 21.8. The van der Waals surface area contributed by atoms with Crippen molar-refractivity contribution in [1.29, 1.82) is 0 Å². The first kappa shape index (κ1) is 25.0. The van der Waals surface area contributed by atoms with Crippen LogP contribution in [0.5, 0.6) is 5.75 Å². The number of methoxy groups -OCH3 is 1. The molecule has 37 heavy (non-hydrogen) atoms. The number of hydrogen-bond acceptors (Lipinski definition) is 5. The Morgan fingerprint density at radius 2 is 1.81 bits per heavy atom. The minimum Gasteiger partial charge on any atom is -0.497 e. The Morgan fingerprint density at radius 3 is 2.43 bits per heavy atom. The predicted octanol–water partition coefficient (Wildman–Crippen LogP) is 4.64. The second-order valence-electron chi connectivity index (χ2n) is 9.92. The maximum Gasteiger partial charge on any atom is 0.276 e. The van der Waals surface area contributed by atoms with Crippen LogP contribution in [0.25, 0.3) is 0 Å². The van der Waals surface area contributed by atoms with Crippen LogP contribution in [0.1, 0.15) is 65.2 Å². The van der Waals surface area contributed by atoms with Crippen LogP contribution in [0, 0.1) is 0 Å². The highest BCUT2D eigenvalue weighted by Gasteiger charge is 2.43. The van der Waals surface area contributed by atoms with E-state index < -0.39 is 0 Å². The lowest BCUT2D eigenvalue weighted by Crippen LogP contribution is -2.38. The van der Waals surface area contributed by atoms with Gasteiger partial charge in [-0.05, 0) is 92.7 Å². The zero-order chi connectivity index (χ0) is 26.0. The number of aromatic nitrogens is 2. The van der Waals surface area contributed by atoms with Gasteiger partial charge in [0.25, 0.3) is 11.8 Å². The van der Waals surface area contributed by atoms with Gasteiger partial charge in [-0.1, -0.05) is 26.0 Å². The van der Waals surface area contributed by atoms with Gasteiger partial charge >= 0.3 is 0 Å². The highest BCUT2D eigenvalue weighted by molar-refractivity contribution is 6.11. The van der Waals surface area contributed by atoms with Gasteiger partial charge in [-0.15, -0.1) is 0 Å². The molecule has 0 radical (unpaired) electrons. The van der Waals surface area contributed by atoms with Crippen molar-refractivity contribution in [3.8, 4) is 5.75 Å². The van der Waals surface area contributed by atoms with Crippen molar-refractivity contribution in [2.75, 3.05) is 43.5 Å². The van der Waals surface area contributed by atoms with Gasteiger partial charge in [-0.25, -0.2) is 0 Å². The molecule has 0 atom stereocenters. The van der Waals surface area contributed by atoms with E-state index in [9.17, 15) is 9.59 Å². The summed E-state index contributed by atoms with van der Waals surface area (Å²) in [6.07, 6.45) is 4.19. The molecule has 2 aromatic carbocycles. The lowest BCUT2D eigenvalue weighted by Gasteiger charge is -2.27. The Hall–Kier alpha value is -3.65. The van der Waals surface area contributed by atoms with Crippen molar-refractivity contribution in [3.63, 3.8) is 0 Å². The molecule has 194 valence electrons. The van der Waals surface area contributed by atoms with Gasteiger partial charge < -0.3 is 19.9 Å². The number of anilines is 2. The molecule has 0 spiro atoms. The molecule has 1 saturated carbocycles. The summed E-state index contributed by atoms with van der Waals surface area (Å²) < 4.78 is 5.16. The fourth-order valence-electron chi connectivity index (χ4n) is 5.29. The van der Waals surface area contributed by atoms with Gasteiger partial charge in [0, 0.05) is 23.5 Å². The number of carbonyl (C=O) groups excluding carboxylic acids is 2. The van der Waals surface area contributed by atoms with E-state index in [-0.39, 0.29) is 22.9 Å². The Morgan fingerprint density at radius 1 is 1.11 bits per heavy atom. The van der Waals surface area contributed by atoms with Gasteiger partial charge in [0.15, 0.2) is 5.69 Å². The average Bonchev–Trinajstić information content (AvgIpc) is 3.59. The number of aromatic amines is 1. The van der Waals surface area contributed by atoms with Gasteiger partial charge in [0.05, 0.1) is 7.11 Å². The number of ether oxygens (including phenoxy) is 1. The molecular formula is C29H35N5O3. The van der Waals surface area contributed by atoms with Crippen LogP contribution in [-0.2, 0) is 11.8 Å². The SMILES string of the molecule is CCN(CC)CCC1(c2ccc(N3CCc4c(C(=O)Nc5ccc(OC)cc5)n[nH]c4C3=O)cc2)CC1. The fourth-order valence-corrected chi connectivity index (χ4v) is 5.29. The van der Waals surface area contributed by atoms with Crippen LogP contribution < -0.4 is 15.0 Å². The molecule has 1 aliphatic carbocycles. The molecule has 2 N–H and O–H groups in total. The maximum atomic E-state index is 13.3. The van der Waals surface area contributed by atoms with E-state index in [0.717, 1.165) is 25.3 Å². The molecule has 1 fully saturated rings. The normalized spacial score (nSPS) is 16.0. The molecule has 1 aliphatic heterocycles. The quantitative estimate of drug-likeness (QED) is 0.423. The minimum absolute atomic E-state index is 0.160. The molecule has 8 nitrogen and oxygen atoms in total. The van der Waals surface area contributed by atoms with E-state index in [0.29, 0.717) is 35.7 Å². The van der Waals surface area contributed by atoms with Crippen LogP contribution in [0.15, 0.2) is 48.5 Å². The molecule has 3 aromatic rings. The molecule has 2 aliphatic rings. The van der Waals surface area contributed by atoms with Crippen LogP contribution >= 0.6 is 0 Å². The predicted molar refractivity (Wildman–Crippen MR) is 145 cm³/mol. The monoisotopic (exact) mass is 501 g/mol. The van der Waals surface area contributed by atoms with E-state index in [2.05, 4.69) is 58.5 Å². The number of fused-ring (bicyclic) bond motifs is 1. The van der Waals surface area contributed by atoms with E-state index in [1.54, 1.807) is 36.3 Å². The highest BCUT2D eigenvalue weighted by Crippen LogP contribution is 2.51. The zero-order valence-corrected chi connectivity index (χ0v) is 21.8. The summed E-state index contributed by atoms with van der Waals surface area (Å²) in [5.41, 5.74) is 4.47. The van der Waals surface area contributed by atoms with E-state index in [4.69, 9.17) is 4.74 Å². The first-order valence-electron chi connectivity index (χ1n) is 13.2. The first-order valence-corrected chi connectivity index (χ1v) is 13.2. The second kappa shape index (κ2) is 10.4. The van der Waals surface area contributed by atoms with E-state index in [1.165, 1.54) is 24.8 Å². The van der Waals surface area contributed by atoms with Crippen LogP contribution in [0.3, 0.4) is 0 Å². The second-order valence-corrected chi connectivity index (χ2v) is 9.92. The number of hydrogen-bond donors (Lipinski definition) is 2. The molecule has 0 saturated heterocycles. The molecule has 2 amide bonds. The number of carbonyl (C=O) groups is 2. The molecule has 0 bridgehead atoms. The highest BCUT2D eigenvalue weighted by atomic mass is 16.5. The van der Waals surface area contributed by atoms with Crippen LogP contribution in [0.2, 0.25) is 0 Å². The number of benzene rings is 2. The van der Waals surface area contributed by atoms with Crippen molar-refractivity contribution in [3.05, 3.63) is 71.0 Å². The number of nitrogens with zero attached hydrogens (tertiary/aromatic N) is 3. The molecule has 5 rings (SSSR count). The number of nitrogens with one attached hydrogen (secondary N) is 2. The Kier molecular flexibility index (Phi) is 7.02. The maximum absolute atomic E-state index is 13.3. The molecule has 8 heteroatoms. The molecule has 1 aromatic heterocycles. The lowest BCUT2D eigenvalue weighted by molar-refractivity contribution is 0.0975. The summed E-state index contributed by atoms with van der Waals surface area (Å²) in [5, 5.41) is 9.86. The first-order chi connectivity index (χ1) is 18.0. The van der Waals surface area contributed by atoms with Gasteiger partial charge in [-0.3, -0.25) is 14.7 Å². The van der Waals surface area contributed by atoms with E-state index >= 15 is 0 Å². The summed E-state index contributed by atoms with van der Waals surface area (Å²) in [6.45, 7) is 8.23. The average molecular weight is 502 g/mol. The summed E-state index contributed by atoms with van der Waals surface area (Å²) in [7, 11) is 1.59. The van der Waals surface area contributed by atoms with Gasteiger partial charge in [0.1, 0.15) is 11.4 Å². The van der Waals surface area contributed by atoms with Gasteiger partial charge in [0.2, 0.25) is 0 Å². The Bertz CT molecular complexity index is 1260. The molecular weight excluding hydrogens is 466 g/mol. The minimum atomic E-state index is -0.340. The Balaban J connectivity index is 1.26. The van der Waals surface area contributed by atoms with Crippen LogP contribution in [-0.4, -0.2) is 60.2 Å². The van der Waals surface area contributed by atoms with Crippen molar-refractivity contribution in [1.82, 2.24) is 15.1 Å². The summed E-state index contributed by atoms with van der Waals surface area (Å²) in [6, 6.07) is 15.6. The van der Waals surface area contributed by atoms with Gasteiger partial charge in [-0.2, -0.15) is 5.10 Å². The standard InChI is InChI=1S/C29H35N5O3/c1-4-33(5-2)19-17-29(15-16-29)20-6-10-22(11-7-20)34-18-14-24-25(31-32-26(24)28(34)36)27(35)30-21-8-12-23(37-3)13-9-21/h6-13H,4-5,14-19H2,1-3H3,(H,30,35)(H,31,32). The van der Waals surface area contributed by atoms with Crippen LogP contribution in [0.4, 0.5) is 11.4 Å². The van der Waals surface area contributed by atoms with E-state index in [1.807, 2.05) is 0 Å². The van der Waals surface area contributed by atoms with Crippen molar-refractivity contribution in [2.45, 2.75) is 44.9 Å². The number of rotatable bonds is 10. The largest absolute Gasteiger partial charge is 0.497 e. The smallest absolute Gasteiger partial charge is 0.276 e. The van der Waals surface area contributed by atoms with Crippen molar-refractivity contribution < 1.29 is 14.3 Å². The lowest BCUT2D eigenvalue weighted by atomic mass is 9.91.